The van der Waals surface area contributed by atoms with E-state index in [1.807, 2.05) is 0 Å². The van der Waals surface area contributed by atoms with Gasteiger partial charge in [0.1, 0.15) is 0 Å². The van der Waals surface area contributed by atoms with Crippen molar-refractivity contribution in [3.05, 3.63) is 23.5 Å². The van der Waals surface area contributed by atoms with Gasteiger partial charge in [0.15, 0.2) is 23.1 Å². The van der Waals surface area contributed by atoms with Crippen LogP contribution in [-0.4, -0.2) is 25.5 Å². The number of ether oxygens (including phenoxy) is 2. The number of rotatable bonds is 2. The number of hydrogen-bond donors (Lipinski definition) is 1. The van der Waals surface area contributed by atoms with Crippen LogP contribution < -0.4 is 15.2 Å². The smallest absolute Gasteiger partial charge is 0.197 e. The molecular formula is C11H12FNO3. The van der Waals surface area contributed by atoms with Gasteiger partial charge in [-0.2, -0.15) is 0 Å². The van der Waals surface area contributed by atoms with Crippen molar-refractivity contribution in [3.8, 4) is 11.5 Å². The Morgan fingerprint density at radius 2 is 2.00 bits per heavy atom. The molecule has 0 bridgehead atoms. The SMILES string of the molecule is NCC(=O)c1ccc(F)c2c1OCCCO2. The summed E-state index contributed by atoms with van der Waals surface area (Å²) < 4.78 is 24.0. The number of halogens is 1. The Morgan fingerprint density at radius 3 is 2.69 bits per heavy atom. The third-order valence-corrected chi connectivity index (χ3v) is 2.33. The van der Waals surface area contributed by atoms with E-state index in [1.165, 1.54) is 12.1 Å². The molecule has 16 heavy (non-hydrogen) atoms. The molecule has 0 radical (unpaired) electrons. The zero-order valence-corrected chi connectivity index (χ0v) is 8.66. The lowest BCUT2D eigenvalue weighted by Crippen LogP contribution is -2.15. The van der Waals surface area contributed by atoms with E-state index in [2.05, 4.69) is 0 Å². The molecule has 1 aromatic rings. The van der Waals surface area contributed by atoms with E-state index in [4.69, 9.17) is 15.2 Å². The highest BCUT2D eigenvalue weighted by atomic mass is 19.1. The van der Waals surface area contributed by atoms with Gasteiger partial charge in [0, 0.05) is 6.42 Å². The molecule has 1 aliphatic rings. The van der Waals surface area contributed by atoms with Crippen LogP contribution in [0.2, 0.25) is 0 Å². The monoisotopic (exact) mass is 225 g/mol. The summed E-state index contributed by atoms with van der Waals surface area (Å²) in [6.07, 6.45) is 0.657. The average Bonchev–Trinajstić information content (AvgIpc) is 2.55. The third-order valence-electron chi connectivity index (χ3n) is 2.33. The predicted octanol–water partition coefficient (Wildman–Crippen LogP) is 1.13. The summed E-state index contributed by atoms with van der Waals surface area (Å²) in [4.78, 5) is 11.5. The quantitative estimate of drug-likeness (QED) is 0.766. The molecule has 5 heteroatoms. The molecule has 0 fully saturated rings. The summed E-state index contributed by atoms with van der Waals surface area (Å²) >= 11 is 0. The summed E-state index contributed by atoms with van der Waals surface area (Å²) in [5.74, 6) is -0.628. The van der Waals surface area contributed by atoms with Crippen molar-refractivity contribution in [1.82, 2.24) is 0 Å². The summed E-state index contributed by atoms with van der Waals surface area (Å²) in [6, 6.07) is 2.56. The minimum Gasteiger partial charge on any atom is -0.489 e. The maximum atomic E-state index is 13.5. The van der Waals surface area contributed by atoms with Gasteiger partial charge in [-0.25, -0.2) is 4.39 Å². The second-order valence-corrected chi connectivity index (χ2v) is 3.43. The largest absolute Gasteiger partial charge is 0.489 e. The van der Waals surface area contributed by atoms with Crippen LogP contribution in [-0.2, 0) is 0 Å². The second kappa shape index (κ2) is 4.49. The highest BCUT2D eigenvalue weighted by molar-refractivity contribution is 6.00. The van der Waals surface area contributed by atoms with Crippen LogP contribution >= 0.6 is 0 Å². The summed E-state index contributed by atoms with van der Waals surface area (Å²) in [6.45, 7) is 0.646. The first-order valence-electron chi connectivity index (χ1n) is 5.05. The molecule has 1 aromatic carbocycles. The Hall–Kier alpha value is -1.62. The van der Waals surface area contributed by atoms with Crippen LogP contribution in [0.1, 0.15) is 16.8 Å². The number of carbonyl (C=O) groups excluding carboxylic acids is 1. The molecule has 1 heterocycles. The number of hydrogen-bond acceptors (Lipinski definition) is 4. The molecule has 2 N–H and O–H groups in total. The van der Waals surface area contributed by atoms with Crippen LogP contribution in [0.25, 0.3) is 0 Å². The van der Waals surface area contributed by atoms with E-state index in [1.54, 1.807) is 0 Å². The Labute approximate surface area is 92.1 Å². The molecule has 0 saturated heterocycles. The van der Waals surface area contributed by atoms with Crippen molar-refractivity contribution in [3.63, 3.8) is 0 Å². The lowest BCUT2D eigenvalue weighted by Gasteiger charge is -2.11. The second-order valence-electron chi connectivity index (χ2n) is 3.43. The molecule has 0 aliphatic carbocycles. The molecule has 0 aromatic heterocycles. The maximum Gasteiger partial charge on any atom is 0.197 e. The molecule has 0 spiro atoms. The van der Waals surface area contributed by atoms with E-state index >= 15 is 0 Å². The highest BCUT2D eigenvalue weighted by Crippen LogP contribution is 2.35. The van der Waals surface area contributed by atoms with Gasteiger partial charge in [0.25, 0.3) is 0 Å². The molecule has 0 atom stereocenters. The number of benzene rings is 1. The number of ketones is 1. The van der Waals surface area contributed by atoms with Crippen LogP contribution in [0, 0.1) is 5.82 Å². The van der Waals surface area contributed by atoms with Crippen molar-refractivity contribution in [2.24, 2.45) is 5.73 Å². The van der Waals surface area contributed by atoms with Gasteiger partial charge in [0.05, 0.1) is 25.3 Å². The molecule has 0 saturated carbocycles. The van der Waals surface area contributed by atoms with Crippen molar-refractivity contribution in [1.29, 1.82) is 0 Å². The molecule has 0 amide bonds. The Bertz CT molecular complexity index is 420. The first-order valence-corrected chi connectivity index (χ1v) is 5.05. The summed E-state index contributed by atoms with van der Waals surface area (Å²) in [7, 11) is 0. The third kappa shape index (κ3) is 1.86. The summed E-state index contributed by atoms with van der Waals surface area (Å²) in [5, 5.41) is 0. The fourth-order valence-corrected chi connectivity index (χ4v) is 1.55. The van der Waals surface area contributed by atoms with Crippen molar-refractivity contribution >= 4 is 5.78 Å². The number of carbonyl (C=O) groups is 1. The zero-order chi connectivity index (χ0) is 11.5. The topological polar surface area (TPSA) is 61.6 Å². The van der Waals surface area contributed by atoms with E-state index in [-0.39, 0.29) is 29.4 Å². The minimum absolute atomic E-state index is 0.0109. The Morgan fingerprint density at radius 1 is 1.31 bits per heavy atom. The summed E-state index contributed by atoms with van der Waals surface area (Å²) in [5.41, 5.74) is 5.55. The van der Waals surface area contributed by atoms with Crippen LogP contribution in [0.15, 0.2) is 12.1 Å². The van der Waals surface area contributed by atoms with Crippen LogP contribution in [0.3, 0.4) is 0 Å². The molecule has 0 unspecified atom stereocenters. The van der Waals surface area contributed by atoms with Crippen molar-refractivity contribution < 1.29 is 18.7 Å². The van der Waals surface area contributed by atoms with Crippen LogP contribution in [0.4, 0.5) is 4.39 Å². The van der Waals surface area contributed by atoms with Crippen molar-refractivity contribution in [2.45, 2.75) is 6.42 Å². The highest BCUT2D eigenvalue weighted by Gasteiger charge is 2.22. The van der Waals surface area contributed by atoms with Gasteiger partial charge in [-0.1, -0.05) is 0 Å². The molecular weight excluding hydrogens is 213 g/mol. The van der Waals surface area contributed by atoms with E-state index in [0.717, 1.165) is 0 Å². The van der Waals surface area contributed by atoms with Gasteiger partial charge in [-0.05, 0) is 12.1 Å². The fraction of sp³-hybridized carbons (Fsp3) is 0.364. The standard InChI is InChI=1S/C11H12FNO3/c12-8-3-2-7(9(14)6-13)10-11(8)16-5-1-4-15-10/h2-3H,1,4-6,13H2. The molecule has 1 aliphatic heterocycles. The van der Waals surface area contributed by atoms with E-state index in [9.17, 15) is 9.18 Å². The predicted molar refractivity (Wildman–Crippen MR) is 55.4 cm³/mol. The first kappa shape index (κ1) is 10.9. The number of Topliss-reactive ketones (excluding diaryl/α,β-unsaturated/α-hetero) is 1. The lowest BCUT2D eigenvalue weighted by atomic mass is 10.1. The van der Waals surface area contributed by atoms with E-state index < -0.39 is 5.82 Å². The van der Waals surface area contributed by atoms with Crippen LogP contribution in [0.5, 0.6) is 11.5 Å². The molecule has 4 nitrogen and oxygen atoms in total. The van der Waals surface area contributed by atoms with Gasteiger partial charge in [-0.3, -0.25) is 4.79 Å². The first-order chi connectivity index (χ1) is 7.74. The van der Waals surface area contributed by atoms with E-state index in [0.29, 0.717) is 19.6 Å². The molecule has 86 valence electrons. The normalized spacial score (nSPS) is 14.4. The zero-order valence-electron chi connectivity index (χ0n) is 8.66. The van der Waals surface area contributed by atoms with Gasteiger partial charge in [-0.15, -0.1) is 0 Å². The number of nitrogens with two attached hydrogens (primary N) is 1. The van der Waals surface area contributed by atoms with Gasteiger partial charge >= 0.3 is 0 Å². The van der Waals surface area contributed by atoms with Gasteiger partial charge < -0.3 is 15.2 Å². The Balaban J connectivity index is 2.51. The number of fused-ring (bicyclic) bond motifs is 1. The molecule has 2 rings (SSSR count). The Kier molecular flexibility index (Phi) is 3.05. The fourth-order valence-electron chi connectivity index (χ4n) is 1.55. The van der Waals surface area contributed by atoms with Gasteiger partial charge in [0.2, 0.25) is 0 Å². The average molecular weight is 225 g/mol. The van der Waals surface area contributed by atoms with Crippen molar-refractivity contribution in [2.75, 3.05) is 19.8 Å². The maximum absolute atomic E-state index is 13.5. The lowest BCUT2D eigenvalue weighted by molar-refractivity contribution is 0.0997. The minimum atomic E-state index is -0.523.